The van der Waals surface area contributed by atoms with E-state index in [1.54, 1.807) is 26.4 Å². The molecule has 0 aliphatic carbocycles. The number of aliphatic hydroxyl groups is 2. The van der Waals surface area contributed by atoms with Gasteiger partial charge in [0.05, 0.1) is 53.4 Å². The molecule has 81 heavy (non-hydrogen) atoms. The Labute approximate surface area is 467 Å². The number of anilines is 1. The number of methoxy groups -OCH3 is 1. The van der Waals surface area contributed by atoms with Gasteiger partial charge in [-0.25, -0.2) is 22.2 Å². The Balaban J connectivity index is 0.846. The van der Waals surface area contributed by atoms with Crippen LogP contribution < -0.4 is 25.0 Å². The molecule has 3 fully saturated rings. The highest BCUT2D eigenvalue weighted by Crippen LogP contribution is 2.49. The molecule has 5 aromatic carbocycles. The second kappa shape index (κ2) is 22.6. The average molecular weight is 1130 g/mol. The van der Waals surface area contributed by atoms with Crippen LogP contribution in [0, 0.1) is 36.1 Å². The molecule has 6 heterocycles. The number of hydrogen-bond acceptors (Lipinski definition) is 14. The van der Waals surface area contributed by atoms with Crippen molar-refractivity contribution >= 4 is 51.0 Å². The number of carbonyl (C=O) groups is 2. The van der Waals surface area contributed by atoms with Crippen molar-refractivity contribution in [3.63, 3.8) is 0 Å². The first-order chi connectivity index (χ1) is 39.0. The van der Waals surface area contributed by atoms with Gasteiger partial charge in [0, 0.05) is 84.8 Å². The van der Waals surface area contributed by atoms with Gasteiger partial charge in [0.25, 0.3) is 0 Å². The molecule has 8 aromatic rings. The summed E-state index contributed by atoms with van der Waals surface area (Å²) < 4.78 is 78.5. The van der Waals surface area contributed by atoms with Gasteiger partial charge in [0.1, 0.15) is 65.6 Å². The third kappa shape index (κ3) is 10.7. The predicted molar refractivity (Wildman–Crippen MR) is 293 cm³/mol. The van der Waals surface area contributed by atoms with Crippen LogP contribution in [-0.2, 0) is 20.9 Å². The number of ether oxygens (including phenoxy) is 3. The number of H-pyrrole nitrogens is 1. The summed E-state index contributed by atoms with van der Waals surface area (Å²) in [6.45, 7) is 8.18. The summed E-state index contributed by atoms with van der Waals surface area (Å²) in [6.07, 6.45) is 2.83. The first-order valence-corrected chi connectivity index (χ1v) is 27.0. The fourth-order valence-corrected chi connectivity index (χ4v) is 11.5. The standard InChI is InChI=1S/C58H58ClF4N11O7/c1-28(2)53(57(78)73-23-38(76)17-48(73)56(77)66-47(25-75)33-10-12-34(13-11-33)50-43(62)14-35(60)15-44(50)63)74-24-46(70-71-74)32-8-6-31(7-9-32)27-80-54-51(49-30(4)42(61)19-45-40(49)21-65-69-45)41(59)18-39-52(54)67-58(81-26-29(3)79-5)68-55(39)72-22-36-16-37(72)20-64-36/h6-15,18-19,21,24,28-29,36-38,47-48,53,64,75-76H,16-17,20,22-23,25-27H2,1-5H3,(H,65,69)(H,66,77)/t29-,36-,37-,38+,47-,48-,53-/m0/s1. The van der Waals surface area contributed by atoms with Crippen LogP contribution in [0.2, 0.25) is 5.02 Å². The van der Waals surface area contributed by atoms with Crippen molar-refractivity contribution in [2.45, 2.75) is 89.6 Å². The van der Waals surface area contributed by atoms with Crippen molar-refractivity contribution in [2.24, 2.45) is 5.92 Å². The molecular formula is C58H58ClF4N11O7. The lowest BCUT2D eigenvalue weighted by Crippen LogP contribution is -2.50. The summed E-state index contributed by atoms with van der Waals surface area (Å²) in [5.41, 5.74) is 4.01. The van der Waals surface area contributed by atoms with Gasteiger partial charge >= 0.3 is 6.01 Å². The zero-order chi connectivity index (χ0) is 57.0. The minimum absolute atomic E-state index is 0.0124. The Hall–Kier alpha value is -7.76. The van der Waals surface area contributed by atoms with Crippen molar-refractivity contribution in [1.82, 2.24) is 50.7 Å². The van der Waals surface area contributed by atoms with Gasteiger partial charge in [-0.3, -0.25) is 14.7 Å². The fourth-order valence-electron chi connectivity index (χ4n) is 11.2. The van der Waals surface area contributed by atoms with E-state index in [4.69, 9.17) is 35.8 Å². The van der Waals surface area contributed by atoms with Crippen molar-refractivity contribution in [2.75, 3.05) is 44.9 Å². The van der Waals surface area contributed by atoms with Crippen molar-refractivity contribution in [3.05, 3.63) is 130 Å². The zero-order valence-corrected chi connectivity index (χ0v) is 45.5. The number of aromatic amines is 1. The van der Waals surface area contributed by atoms with Crippen LogP contribution in [0.4, 0.5) is 23.4 Å². The van der Waals surface area contributed by atoms with Crippen LogP contribution >= 0.6 is 11.6 Å². The third-order valence-corrected chi connectivity index (χ3v) is 15.8. The molecule has 3 saturated heterocycles. The van der Waals surface area contributed by atoms with Gasteiger partial charge in [0.15, 0.2) is 5.75 Å². The number of rotatable bonds is 18. The summed E-state index contributed by atoms with van der Waals surface area (Å²) in [6, 6.07) is 14.9. The Bertz CT molecular complexity index is 3660. The third-order valence-electron chi connectivity index (χ3n) is 15.5. The van der Waals surface area contributed by atoms with E-state index in [2.05, 4.69) is 36.0 Å². The minimum Gasteiger partial charge on any atom is -0.486 e. The van der Waals surface area contributed by atoms with E-state index in [0.717, 1.165) is 18.5 Å². The molecule has 0 unspecified atom stereocenters. The lowest BCUT2D eigenvalue weighted by molar-refractivity contribution is -0.142. The molecule has 7 atom stereocenters. The maximum Gasteiger partial charge on any atom is 0.319 e. The summed E-state index contributed by atoms with van der Waals surface area (Å²) in [5.74, 6) is -4.27. The number of likely N-dealkylation sites (tertiary alicyclic amines) is 1. The predicted octanol–water partition coefficient (Wildman–Crippen LogP) is 8.17. The Kier molecular flexibility index (Phi) is 15.4. The number of carbonyl (C=O) groups excluding carboxylic acids is 2. The molecule has 3 aliphatic heterocycles. The van der Waals surface area contributed by atoms with Crippen LogP contribution in [0.5, 0.6) is 11.8 Å². The van der Waals surface area contributed by atoms with Gasteiger partial charge in [-0.05, 0) is 60.6 Å². The topological polar surface area (TPSA) is 218 Å². The molecule has 0 spiro atoms. The SMILES string of the molecule is CO[C@@H](C)COc1nc(N2C[C@@H]3C[C@H]2CN3)c2cc(Cl)c(-c3c(C)c(F)cc4[nH]ncc34)c(OCc3ccc(-c4cn([C@H](C(=O)N5C[C@H](O)C[C@H]5C(=O)N[C@@H](CO)c5ccc(-c6c(F)cc(F)cc6F)cc5)C(C)C)nn4)cc3)c2n1. The van der Waals surface area contributed by atoms with Gasteiger partial charge in [-0.2, -0.15) is 15.1 Å². The zero-order valence-electron chi connectivity index (χ0n) is 44.8. The molecule has 422 valence electrons. The fraction of sp³-hybridized carbons (Fsp3) is 0.362. The lowest BCUT2D eigenvalue weighted by Gasteiger charge is -2.30. The number of hydrogen-bond donors (Lipinski definition) is 5. The maximum atomic E-state index is 15.8. The molecule has 11 rings (SSSR count). The van der Waals surface area contributed by atoms with E-state index in [1.807, 2.05) is 51.1 Å². The molecule has 3 aliphatic rings. The largest absolute Gasteiger partial charge is 0.486 e. The summed E-state index contributed by atoms with van der Waals surface area (Å²) >= 11 is 7.36. The monoisotopic (exact) mass is 1130 g/mol. The van der Waals surface area contributed by atoms with Crippen molar-refractivity contribution in [1.29, 1.82) is 0 Å². The first-order valence-electron chi connectivity index (χ1n) is 26.6. The molecule has 5 N–H and O–H groups in total. The van der Waals surface area contributed by atoms with Gasteiger partial charge in [-0.15, -0.1) is 5.10 Å². The first kappa shape index (κ1) is 55.2. The summed E-state index contributed by atoms with van der Waals surface area (Å²) in [7, 11) is 1.59. The highest BCUT2D eigenvalue weighted by Gasteiger charge is 2.44. The molecule has 0 saturated carbocycles. The van der Waals surface area contributed by atoms with E-state index in [0.29, 0.717) is 79.8 Å². The molecule has 2 bridgehead atoms. The summed E-state index contributed by atoms with van der Waals surface area (Å²) in [4.78, 5) is 42.0. The Morgan fingerprint density at radius 1 is 0.889 bits per heavy atom. The van der Waals surface area contributed by atoms with Crippen molar-refractivity contribution < 1.29 is 51.6 Å². The number of nitrogens with one attached hydrogen (secondary N) is 3. The Morgan fingerprint density at radius 2 is 1.63 bits per heavy atom. The number of fused-ring (bicyclic) bond motifs is 4. The lowest BCUT2D eigenvalue weighted by atomic mass is 9.94. The molecule has 2 amide bonds. The van der Waals surface area contributed by atoms with Crippen LogP contribution in [0.25, 0.3) is 55.3 Å². The van der Waals surface area contributed by atoms with Crippen LogP contribution in [0.1, 0.15) is 62.4 Å². The second-order valence-electron chi connectivity index (χ2n) is 21.2. The highest BCUT2D eigenvalue weighted by molar-refractivity contribution is 6.35. The average Bonchev–Trinajstić information content (AvgIpc) is 4.43. The summed E-state index contributed by atoms with van der Waals surface area (Å²) in [5, 5.41) is 45.0. The quantitative estimate of drug-likeness (QED) is 0.0513. The number of piperazine rings is 1. The molecule has 0 radical (unpaired) electrons. The maximum absolute atomic E-state index is 15.8. The van der Waals surface area contributed by atoms with E-state index in [1.165, 1.54) is 39.9 Å². The van der Waals surface area contributed by atoms with Crippen LogP contribution in [0.3, 0.4) is 0 Å². The number of nitrogens with zero attached hydrogens (tertiary/aromatic N) is 8. The molecule has 23 heteroatoms. The number of aromatic nitrogens is 7. The highest BCUT2D eigenvalue weighted by atomic mass is 35.5. The van der Waals surface area contributed by atoms with Gasteiger partial charge < -0.3 is 44.9 Å². The van der Waals surface area contributed by atoms with E-state index < -0.39 is 71.5 Å². The molecule has 3 aromatic heterocycles. The molecule has 18 nitrogen and oxygen atoms in total. The number of halogens is 5. The number of amides is 2. The normalized spacial score (nSPS) is 19.0. The van der Waals surface area contributed by atoms with Gasteiger partial charge in [0.2, 0.25) is 11.8 Å². The van der Waals surface area contributed by atoms with Crippen LogP contribution in [0.15, 0.2) is 85.2 Å². The number of benzene rings is 5. The number of β-amino-alcohol motifs (C(OH)–C–C–N with tert-alkyl or cyclic N) is 1. The second-order valence-corrected chi connectivity index (χ2v) is 21.7. The molecular weight excluding hydrogens is 1070 g/mol. The number of aliphatic hydroxyl groups excluding tert-OH is 2. The van der Waals surface area contributed by atoms with E-state index in [9.17, 15) is 33.0 Å². The van der Waals surface area contributed by atoms with Crippen LogP contribution in [-0.4, -0.2) is 132 Å². The van der Waals surface area contributed by atoms with Crippen molar-refractivity contribution in [3.8, 4) is 45.3 Å². The van der Waals surface area contributed by atoms with E-state index in [-0.39, 0.29) is 72.6 Å². The van der Waals surface area contributed by atoms with Gasteiger partial charge in [-0.1, -0.05) is 79.2 Å². The smallest absolute Gasteiger partial charge is 0.319 e. The Morgan fingerprint density at radius 3 is 2.31 bits per heavy atom. The van der Waals surface area contributed by atoms with E-state index >= 15 is 4.39 Å². The minimum atomic E-state index is -1.12.